The van der Waals surface area contributed by atoms with Crippen molar-refractivity contribution in [3.05, 3.63) is 65.5 Å². The maximum atomic E-state index is 14.0. The van der Waals surface area contributed by atoms with Crippen LogP contribution in [0, 0.1) is 5.82 Å². The Balaban J connectivity index is 1.26. The Labute approximate surface area is 182 Å². The van der Waals surface area contributed by atoms with Crippen molar-refractivity contribution in [3.8, 4) is 5.75 Å². The van der Waals surface area contributed by atoms with Gasteiger partial charge in [0.1, 0.15) is 22.2 Å². The van der Waals surface area contributed by atoms with E-state index in [1.807, 2.05) is 24.3 Å². The van der Waals surface area contributed by atoms with Crippen molar-refractivity contribution < 1.29 is 9.13 Å². The fraction of sp³-hybridized carbons (Fsp3) is 0.286. The summed E-state index contributed by atoms with van der Waals surface area (Å²) in [6, 6.07) is 9.44. The lowest BCUT2D eigenvalue weighted by Gasteiger charge is -2.41. The number of hydrogen-bond acceptors (Lipinski definition) is 7. The Bertz CT molecular complexity index is 1080. The smallest absolute Gasteiger partial charge is 0.174 e. The monoisotopic (exact) mass is 443 g/mol. The normalized spacial score (nSPS) is 19.6. The van der Waals surface area contributed by atoms with E-state index in [2.05, 4.69) is 19.9 Å². The van der Waals surface area contributed by atoms with Crippen molar-refractivity contribution in [1.29, 1.82) is 0 Å². The highest BCUT2D eigenvalue weighted by atomic mass is 35.5. The van der Waals surface area contributed by atoms with E-state index in [4.69, 9.17) is 22.1 Å². The van der Waals surface area contributed by atoms with Gasteiger partial charge in [-0.2, -0.15) is 0 Å². The quantitative estimate of drug-likeness (QED) is 0.606. The van der Waals surface area contributed by atoms with Gasteiger partial charge in [-0.1, -0.05) is 41.6 Å². The molecule has 0 saturated carbocycles. The van der Waals surface area contributed by atoms with E-state index in [0.717, 1.165) is 54.8 Å². The first-order valence-corrected chi connectivity index (χ1v) is 10.8. The third kappa shape index (κ3) is 3.38. The lowest BCUT2D eigenvalue weighted by Crippen LogP contribution is -2.51. The number of halogens is 2. The van der Waals surface area contributed by atoms with Crippen LogP contribution in [0.25, 0.3) is 0 Å². The van der Waals surface area contributed by atoms with Crippen LogP contribution < -0.4 is 15.4 Å². The molecule has 0 radical (unpaired) electrons. The predicted octanol–water partition coefficient (Wildman–Crippen LogP) is 4.25. The fourth-order valence-electron chi connectivity index (χ4n) is 4.04. The molecule has 1 aromatic carbocycles. The van der Waals surface area contributed by atoms with Gasteiger partial charge in [0.2, 0.25) is 0 Å². The number of pyridine rings is 1. The van der Waals surface area contributed by atoms with Gasteiger partial charge in [0, 0.05) is 37.7 Å². The Morgan fingerprint density at radius 2 is 1.93 bits per heavy atom. The molecule has 4 heterocycles. The first-order valence-electron chi connectivity index (χ1n) is 9.64. The van der Waals surface area contributed by atoms with Crippen LogP contribution >= 0.6 is 23.4 Å². The van der Waals surface area contributed by atoms with Gasteiger partial charge >= 0.3 is 0 Å². The molecule has 0 aliphatic carbocycles. The van der Waals surface area contributed by atoms with E-state index < -0.39 is 5.82 Å². The standard InChI is InChI=1S/C21H19ClFN5OS/c22-20-18(23)15(5-8-25-20)30-17-12-26-16(11-27-17)28-9-6-21(7-10-28)19(24)13-3-1-2-4-14(13)29-21/h1-5,8,11-12,19H,6-7,9-10,24H2/t19-/m1/s1. The predicted molar refractivity (Wildman–Crippen MR) is 114 cm³/mol. The largest absolute Gasteiger partial charge is 0.485 e. The van der Waals surface area contributed by atoms with E-state index in [9.17, 15) is 4.39 Å². The molecule has 2 N–H and O–H groups in total. The highest BCUT2D eigenvalue weighted by Gasteiger charge is 2.48. The molecule has 30 heavy (non-hydrogen) atoms. The van der Waals surface area contributed by atoms with Crippen molar-refractivity contribution in [2.24, 2.45) is 5.73 Å². The lowest BCUT2D eigenvalue weighted by atomic mass is 9.83. The fourth-order valence-corrected chi connectivity index (χ4v) is 5.01. The van der Waals surface area contributed by atoms with E-state index in [1.54, 1.807) is 18.5 Å². The molecule has 6 nitrogen and oxygen atoms in total. The Hall–Kier alpha value is -2.42. The Morgan fingerprint density at radius 3 is 2.67 bits per heavy atom. The summed E-state index contributed by atoms with van der Waals surface area (Å²) < 4.78 is 20.3. The van der Waals surface area contributed by atoms with Crippen LogP contribution in [-0.4, -0.2) is 33.6 Å². The minimum absolute atomic E-state index is 0.122. The molecule has 3 aromatic rings. The zero-order valence-electron chi connectivity index (χ0n) is 16.0. The number of nitrogens with two attached hydrogens (primary N) is 1. The van der Waals surface area contributed by atoms with Crippen LogP contribution in [0.2, 0.25) is 5.15 Å². The number of benzene rings is 1. The summed E-state index contributed by atoms with van der Waals surface area (Å²) in [4.78, 5) is 15.2. The van der Waals surface area contributed by atoms with E-state index in [1.165, 1.54) is 6.20 Å². The van der Waals surface area contributed by atoms with E-state index in [-0.39, 0.29) is 16.8 Å². The van der Waals surface area contributed by atoms with Gasteiger partial charge in [0.25, 0.3) is 0 Å². The highest BCUT2D eigenvalue weighted by Crippen LogP contribution is 2.47. The van der Waals surface area contributed by atoms with Crippen molar-refractivity contribution >= 4 is 29.2 Å². The molecule has 5 rings (SSSR count). The molecular weight excluding hydrogens is 425 g/mol. The van der Waals surface area contributed by atoms with Crippen LogP contribution in [-0.2, 0) is 0 Å². The summed E-state index contributed by atoms with van der Waals surface area (Å²) in [6.07, 6.45) is 6.44. The van der Waals surface area contributed by atoms with Crippen molar-refractivity contribution in [2.45, 2.75) is 34.4 Å². The minimum atomic E-state index is -0.551. The first kappa shape index (κ1) is 19.5. The highest BCUT2D eigenvalue weighted by molar-refractivity contribution is 7.99. The number of nitrogens with zero attached hydrogens (tertiary/aromatic N) is 4. The number of hydrogen-bond donors (Lipinski definition) is 1. The Morgan fingerprint density at radius 1 is 1.13 bits per heavy atom. The number of rotatable bonds is 3. The molecule has 1 spiro atoms. The molecule has 0 bridgehead atoms. The maximum Gasteiger partial charge on any atom is 0.174 e. The third-order valence-corrected chi connectivity index (χ3v) is 6.93. The average Bonchev–Trinajstić information content (AvgIpc) is 3.04. The number of aromatic nitrogens is 3. The average molecular weight is 444 g/mol. The van der Waals surface area contributed by atoms with Gasteiger partial charge < -0.3 is 15.4 Å². The van der Waals surface area contributed by atoms with Crippen molar-refractivity contribution in [2.75, 3.05) is 18.0 Å². The van der Waals surface area contributed by atoms with E-state index >= 15 is 0 Å². The summed E-state index contributed by atoms with van der Waals surface area (Å²) >= 11 is 6.90. The second kappa shape index (κ2) is 7.68. The van der Waals surface area contributed by atoms with Crippen LogP contribution in [0.1, 0.15) is 24.4 Å². The minimum Gasteiger partial charge on any atom is -0.485 e. The molecular formula is C21H19ClFN5OS. The summed E-state index contributed by atoms with van der Waals surface area (Å²) in [5.74, 6) is 1.12. The second-order valence-electron chi connectivity index (χ2n) is 7.40. The van der Waals surface area contributed by atoms with E-state index in [0.29, 0.717) is 9.92 Å². The third-order valence-electron chi connectivity index (χ3n) is 5.71. The molecule has 154 valence electrons. The van der Waals surface area contributed by atoms with Crippen LogP contribution in [0.3, 0.4) is 0 Å². The van der Waals surface area contributed by atoms with Crippen LogP contribution in [0.4, 0.5) is 10.2 Å². The second-order valence-corrected chi connectivity index (χ2v) is 8.82. The maximum absolute atomic E-state index is 14.0. The van der Waals surface area contributed by atoms with Crippen molar-refractivity contribution in [1.82, 2.24) is 15.0 Å². The number of piperidine rings is 1. The summed E-state index contributed by atoms with van der Waals surface area (Å²) in [5.41, 5.74) is 7.26. The zero-order valence-corrected chi connectivity index (χ0v) is 17.5. The molecule has 0 amide bonds. The summed E-state index contributed by atoms with van der Waals surface area (Å²) in [7, 11) is 0. The van der Waals surface area contributed by atoms with Gasteiger partial charge in [0.15, 0.2) is 11.0 Å². The molecule has 2 aliphatic rings. The van der Waals surface area contributed by atoms with Crippen LogP contribution in [0.15, 0.2) is 58.8 Å². The summed E-state index contributed by atoms with van der Waals surface area (Å²) in [5, 5.41) is 0.436. The lowest BCUT2D eigenvalue weighted by molar-refractivity contribution is 0.0431. The van der Waals surface area contributed by atoms with Gasteiger partial charge in [-0.25, -0.2) is 19.3 Å². The molecule has 0 unspecified atom stereocenters. The molecule has 9 heteroatoms. The van der Waals surface area contributed by atoms with Crippen LogP contribution in [0.5, 0.6) is 5.75 Å². The molecule has 2 aromatic heterocycles. The number of ether oxygens (including phenoxy) is 1. The number of fused-ring (bicyclic) bond motifs is 1. The zero-order chi connectivity index (χ0) is 20.7. The first-order chi connectivity index (χ1) is 14.6. The molecule has 1 fully saturated rings. The number of anilines is 1. The summed E-state index contributed by atoms with van der Waals surface area (Å²) in [6.45, 7) is 1.55. The molecule has 1 saturated heterocycles. The van der Waals surface area contributed by atoms with Gasteiger partial charge in [-0.15, -0.1) is 0 Å². The van der Waals surface area contributed by atoms with Crippen molar-refractivity contribution in [3.63, 3.8) is 0 Å². The van der Waals surface area contributed by atoms with Gasteiger partial charge in [-0.05, 0) is 12.1 Å². The van der Waals surface area contributed by atoms with Gasteiger partial charge in [0.05, 0.1) is 23.3 Å². The Kier molecular flexibility index (Phi) is 5.00. The SMILES string of the molecule is N[C@@H]1c2ccccc2OC12CCN(c1cnc(Sc3ccnc(Cl)c3F)cn1)CC2. The topological polar surface area (TPSA) is 77.2 Å². The molecule has 2 aliphatic heterocycles. The molecule has 1 atom stereocenters. The van der Waals surface area contributed by atoms with Gasteiger partial charge in [-0.3, -0.25) is 0 Å². The number of para-hydroxylation sites is 1.